The monoisotopic (exact) mass is 234 g/mol. The second-order valence-electron chi connectivity index (χ2n) is 4.02. The van der Waals surface area contributed by atoms with Gasteiger partial charge in [0, 0.05) is 5.71 Å². The number of hydrogen-bond acceptors (Lipinski definition) is 3. The lowest BCUT2D eigenvalue weighted by molar-refractivity contribution is -0.120. The first-order chi connectivity index (χ1) is 8.02. The van der Waals surface area contributed by atoms with Crippen molar-refractivity contribution in [2.75, 3.05) is 7.11 Å². The first-order valence-electron chi connectivity index (χ1n) is 5.50. The van der Waals surface area contributed by atoms with Crippen molar-refractivity contribution in [2.24, 2.45) is 0 Å². The standard InChI is InChI=1S/C13H18N2O2/c1-9(14)8-13(16)15-10(2)11-4-6-12(17-3)7-5-11/h4-7,10,14H,8H2,1-3H3,(H,15,16)/t10-/m0/s1. The van der Waals surface area contributed by atoms with Gasteiger partial charge in [-0.15, -0.1) is 0 Å². The summed E-state index contributed by atoms with van der Waals surface area (Å²) in [6.45, 7) is 3.54. The van der Waals surface area contributed by atoms with Crippen LogP contribution in [0.3, 0.4) is 0 Å². The number of carbonyl (C=O) groups is 1. The van der Waals surface area contributed by atoms with Crippen molar-refractivity contribution in [1.82, 2.24) is 5.32 Å². The highest BCUT2D eigenvalue weighted by Gasteiger charge is 2.09. The van der Waals surface area contributed by atoms with Crippen LogP contribution in [0.2, 0.25) is 0 Å². The fourth-order valence-electron chi connectivity index (χ4n) is 1.51. The molecule has 1 amide bonds. The summed E-state index contributed by atoms with van der Waals surface area (Å²) in [7, 11) is 1.62. The predicted molar refractivity (Wildman–Crippen MR) is 67.6 cm³/mol. The van der Waals surface area contributed by atoms with E-state index in [2.05, 4.69) is 5.32 Å². The molecule has 0 aromatic heterocycles. The Labute approximate surface area is 101 Å². The molecule has 1 atom stereocenters. The van der Waals surface area contributed by atoms with Gasteiger partial charge in [0.1, 0.15) is 5.75 Å². The summed E-state index contributed by atoms with van der Waals surface area (Å²) in [5.74, 6) is 0.670. The number of rotatable bonds is 5. The molecule has 0 radical (unpaired) electrons. The Balaban J connectivity index is 2.59. The molecule has 0 saturated carbocycles. The van der Waals surface area contributed by atoms with Crippen LogP contribution in [0.5, 0.6) is 5.75 Å². The maximum atomic E-state index is 11.5. The summed E-state index contributed by atoms with van der Waals surface area (Å²) in [5, 5.41) is 10.1. The second kappa shape index (κ2) is 6.03. The van der Waals surface area contributed by atoms with Crippen LogP contribution in [-0.2, 0) is 4.79 Å². The van der Waals surface area contributed by atoms with Crippen molar-refractivity contribution in [3.05, 3.63) is 29.8 Å². The average Bonchev–Trinajstić information content (AvgIpc) is 2.28. The zero-order valence-electron chi connectivity index (χ0n) is 10.4. The Morgan fingerprint density at radius 2 is 2.00 bits per heavy atom. The maximum Gasteiger partial charge on any atom is 0.226 e. The summed E-state index contributed by atoms with van der Waals surface area (Å²) < 4.78 is 5.07. The minimum Gasteiger partial charge on any atom is -0.497 e. The molecular formula is C13H18N2O2. The average molecular weight is 234 g/mol. The molecule has 0 fully saturated rings. The van der Waals surface area contributed by atoms with Gasteiger partial charge in [-0.05, 0) is 31.5 Å². The van der Waals surface area contributed by atoms with Gasteiger partial charge in [0.15, 0.2) is 0 Å². The Hall–Kier alpha value is -1.84. The van der Waals surface area contributed by atoms with Gasteiger partial charge in [-0.2, -0.15) is 0 Å². The number of carbonyl (C=O) groups excluding carboxylic acids is 1. The SMILES string of the molecule is COc1ccc([C@H](C)NC(=O)CC(C)=N)cc1. The van der Waals surface area contributed by atoms with Crippen LogP contribution in [-0.4, -0.2) is 18.7 Å². The van der Waals surface area contributed by atoms with Gasteiger partial charge in [0.25, 0.3) is 0 Å². The third-order valence-electron chi connectivity index (χ3n) is 2.42. The molecule has 1 aromatic carbocycles. The molecule has 0 heterocycles. The van der Waals surface area contributed by atoms with Crippen LogP contribution < -0.4 is 10.1 Å². The third-order valence-corrected chi connectivity index (χ3v) is 2.42. The Morgan fingerprint density at radius 1 is 1.41 bits per heavy atom. The molecule has 2 N–H and O–H groups in total. The largest absolute Gasteiger partial charge is 0.497 e. The number of hydrogen-bond donors (Lipinski definition) is 2. The minimum absolute atomic E-state index is 0.0623. The fourth-order valence-corrected chi connectivity index (χ4v) is 1.51. The normalized spacial score (nSPS) is 11.7. The lowest BCUT2D eigenvalue weighted by Crippen LogP contribution is -2.27. The summed E-state index contributed by atoms with van der Waals surface area (Å²) in [6.07, 6.45) is 0.153. The molecule has 4 nitrogen and oxygen atoms in total. The molecule has 0 unspecified atom stereocenters. The zero-order chi connectivity index (χ0) is 12.8. The number of nitrogens with one attached hydrogen (secondary N) is 2. The molecule has 0 bridgehead atoms. The number of amides is 1. The van der Waals surface area contributed by atoms with Crippen LogP contribution in [0.1, 0.15) is 31.9 Å². The molecule has 92 valence electrons. The Bertz CT molecular complexity index is 398. The number of benzene rings is 1. The van der Waals surface area contributed by atoms with E-state index < -0.39 is 0 Å². The first-order valence-corrected chi connectivity index (χ1v) is 5.50. The molecule has 17 heavy (non-hydrogen) atoms. The highest BCUT2D eigenvalue weighted by molar-refractivity contribution is 5.98. The molecule has 4 heteroatoms. The van der Waals surface area contributed by atoms with Gasteiger partial charge in [0.2, 0.25) is 5.91 Å². The van der Waals surface area contributed by atoms with Gasteiger partial charge in [-0.25, -0.2) is 0 Å². The molecule has 0 aliphatic heterocycles. The topological polar surface area (TPSA) is 62.2 Å². The molecule has 0 aliphatic rings. The molecule has 1 rings (SSSR count). The molecule has 0 saturated heterocycles. The van der Waals surface area contributed by atoms with Crippen LogP contribution >= 0.6 is 0 Å². The van der Waals surface area contributed by atoms with Gasteiger partial charge in [-0.3, -0.25) is 4.79 Å². The van der Waals surface area contributed by atoms with Crippen LogP contribution in [0.4, 0.5) is 0 Å². The summed E-state index contributed by atoms with van der Waals surface area (Å²) in [6, 6.07) is 7.50. The molecular weight excluding hydrogens is 216 g/mol. The van der Waals surface area contributed by atoms with Crippen molar-refractivity contribution in [3.63, 3.8) is 0 Å². The highest BCUT2D eigenvalue weighted by atomic mass is 16.5. The quantitative estimate of drug-likeness (QED) is 0.768. The van der Waals surface area contributed by atoms with E-state index >= 15 is 0 Å². The molecule has 0 spiro atoms. The van der Waals surface area contributed by atoms with Gasteiger partial charge in [0.05, 0.1) is 19.6 Å². The van der Waals surface area contributed by atoms with Crippen molar-refractivity contribution in [2.45, 2.75) is 26.3 Å². The van der Waals surface area contributed by atoms with E-state index in [0.717, 1.165) is 11.3 Å². The lowest BCUT2D eigenvalue weighted by atomic mass is 10.1. The number of ether oxygens (including phenoxy) is 1. The van der Waals surface area contributed by atoms with Crippen molar-refractivity contribution >= 4 is 11.6 Å². The maximum absolute atomic E-state index is 11.5. The van der Waals surface area contributed by atoms with E-state index in [0.29, 0.717) is 5.71 Å². The minimum atomic E-state index is -0.124. The van der Waals surface area contributed by atoms with Crippen molar-refractivity contribution < 1.29 is 9.53 Å². The smallest absolute Gasteiger partial charge is 0.226 e. The lowest BCUT2D eigenvalue weighted by Gasteiger charge is -2.14. The van der Waals surface area contributed by atoms with Gasteiger partial charge in [-0.1, -0.05) is 12.1 Å². The fraction of sp³-hybridized carbons (Fsp3) is 0.385. The number of methoxy groups -OCH3 is 1. The van der Waals surface area contributed by atoms with Crippen molar-refractivity contribution in [1.29, 1.82) is 5.41 Å². The van der Waals surface area contributed by atoms with E-state index in [-0.39, 0.29) is 18.4 Å². The molecule has 1 aromatic rings. The molecule has 0 aliphatic carbocycles. The van der Waals surface area contributed by atoms with Gasteiger partial charge >= 0.3 is 0 Å². The van der Waals surface area contributed by atoms with Crippen molar-refractivity contribution in [3.8, 4) is 5.75 Å². The van der Waals surface area contributed by atoms with E-state index in [1.54, 1.807) is 14.0 Å². The third kappa shape index (κ3) is 4.26. The first kappa shape index (κ1) is 13.2. The van der Waals surface area contributed by atoms with Crippen LogP contribution in [0.25, 0.3) is 0 Å². The Morgan fingerprint density at radius 3 is 2.47 bits per heavy atom. The highest BCUT2D eigenvalue weighted by Crippen LogP contribution is 2.17. The van der Waals surface area contributed by atoms with E-state index in [4.69, 9.17) is 10.1 Å². The van der Waals surface area contributed by atoms with E-state index in [1.807, 2.05) is 31.2 Å². The summed E-state index contributed by atoms with van der Waals surface area (Å²) >= 11 is 0. The Kier molecular flexibility index (Phi) is 4.69. The predicted octanol–water partition coefficient (Wildman–Crippen LogP) is 2.30. The summed E-state index contributed by atoms with van der Waals surface area (Å²) in [5.41, 5.74) is 1.38. The van der Waals surface area contributed by atoms with Crippen LogP contribution in [0.15, 0.2) is 24.3 Å². The second-order valence-corrected chi connectivity index (χ2v) is 4.02. The zero-order valence-corrected chi connectivity index (χ0v) is 10.4. The summed E-state index contributed by atoms with van der Waals surface area (Å²) in [4.78, 5) is 11.5. The van der Waals surface area contributed by atoms with Gasteiger partial charge < -0.3 is 15.5 Å². The van der Waals surface area contributed by atoms with E-state index in [1.165, 1.54) is 0 Å². The van der Waals surface area contributed by atoms with E-state index in [9.17, 15) is 4.79 Å². The van der Waals surface area contributed by atoms with Crippen LogP contribution in [0, 0.1) is 5.41 Å².